The van der Waals surface area contributed by atoms with Crippen LogP contribution in [0.1, 0.15) is 21.5 Å². The van der Waals surface area contributed by atoms with Gasteiger partial charge in [-0.2, -0.15) is 0 Å². The summed E-state index contributed by atoms with van der Waals surface area (Å²) >= 11 is 0. The zero-order valence-corrected chi connectivity index (χ0v) is 14.7. The molecule has 0 fully saturated rings. The summed E-state index contributed by atoms with van der Waals surface area (Å²) in [5.41, 5.74) is 0.993. The molecule has 1 amide bonds. The molecule has 0 aliphatic carbocycles. The highest BCUT2D eigenvalue weighted by Gasteiger charge is 2.21. The number of nitrogens with one attached hydrogen (secondary N) is 2. The largest absolute Gasteiger partial charge is 0.355 e. The van der Waals surface area contributed by atoms with E-state index in [4.69, 9.17) is 0 Å². The summed E-state index contributed by atoms with van der Waals surface area (Å²) < 4.78 is 27.5. The number of hydrogen-bond donors (Lipinski definition) is 2. The molecule has 2 aromatic carbocycles. The van der Waals surface area contributed by atoms with Gasteiger partial charge in [-0.1, -0.05) is 12.1 Å². The molecule has 9 heteroatoms. The van der Waals surface area contributed by atoms with Crippen molar-refractivity contribution in [3.05, 3.63) is 63.2 Å². The molecule has 0 unspecified atom stereocenters. The molecule has 2 rings (SSSR count). The minimum atomic E-state index is -4.01. The van der Waals surface area contributed by atoms with E-state index in [0.29, 0.717) is 5.56 Å². The predicted octanol–water partition coefficient (Wildman–Crippen LogP) is 2.37. The van der Waals surface area contributed by atoms with E-state index in [9.17, 15) is 23.3 Å². The Bertz CT molecular complexity index is 954. The van der Waals surface area contributed by atoms with Gasteiger partial charge in [0.25, 0.3) is 21.6 Å². The Hall–Kier alpha value is -2.94. The number of nitro groups is 1. The van der Waals surface area contributed by atoms with Crippen LogP contribution in [0.25, 0.3) is 0 Å². The minimum absolute atomic E-state index is 0.108. The third-order valence-corrected chi connectivity index (χ3v) is 5.10. The molecule has 0 aliphatic heterocycles. The van der Waals surface area contributed by atoms with Crippen LogP contribution in [0.15, 0.2) is 41.3 Å². The highest BCUT2D eigenvalue weighted by molar-refractivity contribution is 7.92. The minimum Gasteiger partial charge on any atom is -0.355 e. The fraction of sp³-hybridized carbons (Fsp3) is 0.188. The van der Waals surface area contributed by atoms with Crippen molar-refractivity contribution in [3.8, 4) is 0 Å². The molecule has 8 nitrogen and oxygen atoms in total. The first kappa shape index (κ1) is 18.4. The van der Waals surface area contributed by atoms with Crippen molar-refractivity contribution in [2.75, 3.05) is 11.8 Å². The van der Waals surface area contributed by atoms with Gasteiger partial charge >= 0.3 is 0 Å². The summed E-state index contributed by atoms with van der Waals surface area (Å²) in [6.45, 7) is 3.15. The van der Waals surface area contributed by atoms with Gasteiger partial charge < -0.3 is 5.32 Å². The maximum absolute atomic E-state index is 12.6. The first-order valence-corrected chi connectivity index (χ1v) is 8.75. The van der Waals surface area contributed by atoms with Crippen LogP contribution in [0, 0.1) is 24.0 Å². The fourth-order valence-corrected chi connectivity index (χ4v) is 3.43. The van der Waals surface area contributed by atoms with Gasteiger partial charge in [0.05, 0.1) is 21.1 Å². The first-order valence-electron chi connectivity index (χ1n) is 7.27. The number of nitro benzene ring substituents is 1. The molecule has 0 aromatic heterocycles. The van der Waals surface area contributed by atoms with Crippen LogP contribution in [-0.4, -0.2) is 26.3 Å². The van der Waals surface area contributed by atoms with E-state index >= 15 is 0 Å². The van der Waals surface area contributed by atoms with Gasteiger partial charge in [-0.25, -0.2) is 8.42 Å². The quantitative estimate of drug-likeness (QED) is 0.624. The van der Waals surface area contributed by atoms with E-state index in [1.807, 2.05) is 0 Å². The standard InChI is InChI=1S/C16H17N3O5S/c1-10-7-8-12(9-13(10)16(20)17-3)25(23,24)18-14-5-4-6-15(11(14)2)19(21)22/h4-9,18H,1-3H3,(H,17,20). The van der Waals surface area contributed by atoms with Gasteiger partial charge in [0.15, 0.2) is 0 Å². The molecule has 2 N–H and O–H groups in total. The molecule has 0 saturated carbocycles. The third-order valence-electron chi connectivity index (χ3n) is 3.74. The number of hydrogen-bond acceptors (Lipinski definition) is 5. The predicted molar refractivity (Wildman–Crippen MR) is 93.2 cm³/mol. The second kappa shape index (κ2) is 6.89. The Labute approximate surface area is 145 Å². The Balaban J connectivity index is 2.46. The van der Waals surface area contributed by atoms with Crippen molar-refractivity contribution in [1.82, 2.24) is 5.32 Å². The lowest BCUT2D eigenvalue weighted by molar-refractivity contribution is -0.385. The first-order chi connectivity index (χ1) is 11.7. The number of sulfonamides is 1. The smallest absolute Gasteiger partial charge is 0.274 e. The second-order valence-electron chi connectivity index (χ2n) is 5.37. The average molecular weight is 363 g/mol. The number of anilines is 1. The monoisotopic (exact) mass is 363 g/mol. The molecule has 0 bridgehead atoms. The molecule has 0 atom stereocenters. The zero-order valence-electron chi connectivity index (χ0n) is 13.9. The highest BCUT2D eigenvalue weighted by Crippen LogP contribution is 2.27. The van der Waals surface area contributed by atoms with E-state index in [1.165, 1.54) is 50.4 Å². The van der Waals surface area contributed by atoms with E-state index in [1.54, 1.807) is 6.92 Å². The Morgan fingerprint density at radius 2 is 1.84 bits per heavy atom. The van der Waals surface area contributed by atoms with Crippen LogP contribution < -0.4 is 10.0 Å². The number of aryl methyl sites for hydroxylation is 1. The van der Waals surface area contributed by atoms with Crippen LogP contribution in [0.5, 0.6) is 0 Å². The summed E-state index contributed by atoms with van der Waals surface area (Å²) in [7, 11) is -2.56. The topological polar surface area (TPSA) is 118 Å². The number of benzene rings is 2. The maximum atomic E-state index is 12.6. The van der Waals surface area contributed by atoms with Gasteiger partial charge in [0, 0.05) is 18.7 Å². The van der Waals surface area contributed by atoms with E-state index < -0.39 is 20.9 Å². The van der Waals surface area contributed by atoms with Crippen LogP contribution in [0.4, 0.5) is 11.4 Å². The molecule has 0 saturated heterocycles. The molecule has 2 aromatic rings. The molecule has 132 valence electrons. The lowest BCUT2D eigenvalue weighted by Gasteiger charge is -2.12. The fourth-order valence-electron chi connectivity index (χ4n) is 2.28. The number of nitrogens with zero attached hydrogens (tertiary/aromatic N) is 1. The van der Waals surface area contributed by atoms with E-state index in [-0.39, 0.29) is 27.4 Å². The molecule has 0 heterocycles. The van der Waals surface area contributed by atoms with Crippen LogP contribution in [-0.2, 0) is 10.0 Å². The normalized spacial score (nSPS) is 11.0. The summed E-state index contributed by atoms with van der Waals surface area (Å²) in [5.74, 6) is -0.402. The molecule has 0 spiro atoms. The second-order valence-corrected chi connectivity index (χ2v) is 7.05. The van der Waals surface area contributed by atoms with E-state index in [2.05, 4.69) is 10.0 Å². The van der Waals surface area contributed by atoms with Crippen LogP contribution in [0.3, 0.4) is 0 Å². The average Bonchev–Trinajstić information content (AvgIpc) is 2.55. The summed E-state index contributed by atoms with van der Waals surface area (Å²) in [5, 5.41) is 13.4. The summed E-state index contributed by atoms with van der Waals surface area (Å²) in [6, 6.07) is 8.30. The van der Waals surface area contributed by atoms with Crippen molar-refractivity contribution in [3.63, 3.8) is 0 Å². The van der Waals surface area contributed by atoms with Gasteiger partial charge in [0.2, 0.25) is 0 Å². The van der Waals surface area contributed by atoms with Crippen LogP contribution >= 0.6 is 0 Å². The molecular weight excluding hydrogens is 346 g/mol. The zero-order chi connectivity index (χ0) is 18.8. The molecule has 0 aliphatic rings. The van der Waals surface area contributed by atoms with Crippen molar-refractivity contribution in [1.29, 1.82) is 0 Å². The van der Waals surface area contributed by atoms with Gasteiger partial charge in [-0.05, 0) is 37.6 Å². The Morgan fingerprint density at radius 1 is 1.16 bits per heavy atom. The van der Waals surface area contributed by atoms with Gasteiger partial charge in [-0.3, -0.25) is 19.6 Å². The van der Waals surface area contributed by atoms with Crippen molar-refractivity contribution in [2.24, 2.45) is 0 Å². The van der Waals surface area contributed by atoms with Crippen molar-refractivity contribution in [2.45, 2.75) is 18.7 Å². The maximum Gasteiger partial charge on any atom is 0.274 e. The number of amides is 1. The summed E-state index contributed by atoms with van der Waals surface area (Å²) in [4.78, 5) is 22.1. The lowest BCUT2D eigenvalue weighted by Crippen LogP contribution is -2.20. The van der Waals surface area contributed by atoms with Gasteiger partial charge in [0.1, 0.15) is 0 Å². The SMILES string of the molecule is CNC(=O)c1cc(S(=O)(=O)Nc2cccc([N+](=O)[O-])c2C)ccc1C. The van der Waals surface area contributed by atoms with Crippen molar-refractivity contribution < 1.29 is 18.1 Å². The highest BCUT2D eigenvalue weighted by atomic mass is 32.2. The van der Waals surface area contributed by atoms with Gasteiger partial charge in [-0.15, -0.1) is 0 Å². The Morgan fingerprint density at radius 3 is 2.44 bits per heavy atom. The molecule has 25 heavy (non-hydrogen) atoms. The number of carbonyl (C=O) groups is 1. The van der Waals surface area contributed by atoms with Crippen molar-refractivity contribution >= 4 is 27.3 Å². The number of rotatable bonds is 5. The van der Waals surface area contributed by atoms with E-state index in [0.717, 1.165) is 0 Å². The Kier molecular flexibility index (Phi) is 5.07. The molecule has 0 radical (unpaired) electrons. The van der Waals surface area contributed by atoms with Crippen LogP contribution in [0.2, 0.25) is 0 Å². The number of carbonyl (C=O) groups excluding carboxylic acids is 1. The summed E-state index contributed by atoms with van der Waals surface area (Å²) in [6.07, 6.45) is 0. The molecular formula is C16H17N3O5S. The third kappa shape index (κ3) is 3.77. The lowest BCUT2D eigenvalue weighted by atomic mass is 10.1.